The first-order valence-electron chi connectivity index (χ1n) is 12.7. The SMILES string of the molecule is CCOc1ccc(C(=O)N[C@H](C(=O)NNC(=O)[C@H](NC(=O)c2ccc(OCC)cc2)C(C)C)C(C)C)cc1. The Hall–Kier alpha value is -4.08. The van der Waals surface area contributed by atoms with Crippen LogP contribution in [0.1, 0.15) is 62.3 Å². The highest BCUT2D eigenvalue weighted by molar-refractivity contribution is 5.99. The maximum Gasteiger partial charge on any atom is 0.261 e. The topological polar surface area (TPSA) is 135 Å². The first-order chi connectivity index (χ1) is 18.1. The van der Waals surface area contributed by atoms with E-state index in [4.69, 9.17) is 9.47 Å². The van der Waals surface area contributed by atoms with Crippen molar-refractivity contribution in [2.45, 2.75) is 53.6 Å². The van der Waals surface area contributed by atoms with E-state index in [1.54, 1.807) is 76.2 Å². The number of benzene rings is 2. The molecule has 2 rings (SSSR count). The van der Waals surface area contributed by atoms with Gasteiger partial charge in [0.2, 0.25) is 0 Å². The fourth-order valence-corrected chi connectivity index (χ4v) is 3.54. The number of carbonyl (C=O) groups is 4. The number of hydrogen-bond acceptors (Lipinski definition) is 6. The van der Waals surface area contributed by atoms with E-state index in [1.165, 1.54) is 0 Å². The van der Waals surface area contributed by atoms with Crippen molar-refractivity contribution in [2.75, 3.05) is 13.2 Å². The summed E-state index contributed by atoms with van der Waals surface area (Å²) in [4.78, 5) is 51.1. The molecule has 2 aromatic rings. The van der Waals surface area contributed by atoms with Gasteiger partial charge in [-0.2, -0.15) is 0 Å². The molecule has 0 unspecified atom stereocenters. The molecule has 0 aliphatic rings. The summed E-state index contributed by atoms with van der Waals surface area (Å²) in [6.45, 7) is 11.9. The molecule has 0 fully saturated rings. The van der Waals surface area contributed by atoms with Gasteiger partial charge in [-0.25, -0.2) is 0 Å². The Bertz CT molecular complexity index is 996. The maximum atomic E-state index is 12.9. The molecule has 0 aliphatic carbocycles. The van der Waals surface area contributed by atoms with Gasteiger partial charge in [0.25, 0.3) is 23.6 Å². The van der Waals surface area contributed by atoms with Crippen LogP contribution in [0.3, 0.4) is 0 Å². The largest absolute Gasteiger partial charge is 0.494 e. The van der Waals surface area contributed by atoms with Crippen molar-refractivity contribution in [1.82, 2.24) is 21.5 Å². The molecule has 38 heavy (non-hydrogen) atoms. The van der Waals surface area contributed by atoms with E-state index in [2.05, 4.69) is 21.5 Å². The minimum absolute atomic E-state index is 0.265. The number of rotatable bonds is 12. The second kappa shape index (κ2) is 14.6. The van der Waals surface area contributed by atoms with Crippen molar-refractivity contribution in [2.24, 2.45) is 11.8 Å². The highest BCUT2D eigenvalue weighted by atomic mass is 16.5. The molecule has 10 heteroatoms. The Kier molecular flexibility index (Phi) is 11.6. The van der Waals surface area contributed by atoms with E-state index in [0.29, 0.717) is 35.8 Å². The molecule has 0 spiro atoms. The van der Waals surface area contributed by atoms with Crippen LogP contribution in [0.25, 0.3) is 0 Å². The number of hydrazine groups is 1. The van der Waals surface area contributed by atoms with Gasteiger partial charge in [-0.15, -0.1) is 0 Å². The van der Waals surface area contributed by atoms with Gasteiger partial charge >= 0.3 is 0 Å². The highest BCUT2D eigenvalue weighted by Gasteiger charge is 2.28. The summed E-state index contributed by atoms with van der Waals surface area (Å²) in [6.07, 6.45) is 0. The lowest BCUT2D eigenvalue weighted by atomic mass is 10.0. The van der Waals surface area contributed by atoms with Crippen molar-refractivity contribution < 1.29 is 28.7 Å². The fraction of sp³-hybridized carbons (Fsp3) is 0.429. The molecule has 0 saturated heterocycles. The van der Waals surface area contributed by atoms with E-state index in [1.807, 2.05) is 13.8 Å². The molecular weight excluding hydrogens is 488 g/mol. The van der Waals surface area contributed by atoms with Crippen LogP contribution >= 0.6 is 0 Å². The molecule has 4 N–H and O–H groups in total. The van der Waals surface area contributed by atoms with Crippen LogP contribution in [-0.4, -0.2) is 48.9 Å². The molecule has 0 aromatic heterocycles. The lowest BCUT2D eigenvalue weighted by Crippen LogP contribution is -2.58. The zero-order valence-corrected chi connectivity index (χ0v) is 22.8. The third-order valence-corrected chi connectivity index (χ3v) is 5.64. The van der Waals surface area contributed by atoms with Gasteiger partial charge in [0.05, 0.1) is 13.2 Å². The summed E-state index contributed by atoms with van der Waals surface area (Å²) in [6, 6.07) is 11.3. The van der Waals surface area contributed by atoms with Gasteiger partial charge < -0.3 is 20.1 Å². The molecule has 2 aromatic carbocycles. The first kappa shape index (κ1) is 30.1. The van der Waals surface area contributed by atoms with Gasteiger partial charge in [-0.3, -0.25) is 30.0 Å². The van der Waals surface area contributed by atoms with Crippen molar-refractivity contribution in [3.05, 3.63) is 59.7 Å². The Labute approximate surface area is 223 Å². The second-order valence-electron chi connectivity index (χ2n) is 9.28. The summed E-state index contributed by atoms with van der Waals surface area (Å²) in [5.41, 5.74) is 5.49. The zero-order valence-electron chi connectivity index (χ0n) is 22.8. The predicted octanol–water partition coefficient (Wildman–Crippen LogP) is 2.84. The summed E-state index contributed by atoms with van der Waals surface area (Å²) in [5, 5.41) is 5.41. The Balaban J connectivity index is 1.98. The van der Waals surface area contributed by atoms with Gasteiger partial charge in [-0.05, 0) is 74.2 Å². The third kappa shape index (κ3) is 8.79. The van der Waals surface area contributed by atoms with Crippen LogP contribution in [0.5, 0.6) is 11.5 Å². The quantitative estimate of drug-likeness (QED) is 0.314. The normalized spacial score (nSPS) is 12.3. The van der Waals surface area contributed by atoms with Crippen LogP contribution in [0.2, 0.25) is 0 Å². The van der Waals surface area contributed by atoms with E-state index < -0.39 is 35.7 Å². The molecule has 0 radical (unpaired) electrons. The summed E-state index contributed by atoms with van der Waals surface area (Å²) in [7, 11) is 0. The predicted molar refractivity (Wildman–Crippen MR) is 144 cm³/mol. The summed E-state index contributed by atoms with van der Waals surface area (Å²) in [5.74, 6) is -1.30. The second-order valence-corrected chi connectivity index (χ2v) is 9.28. The standard InChI is InChI=1S/C28H38N4O6/c1-7-37-21-13-9-19(10-14-21)25(33)29-23(17(3)4)27(35)31-32-28(36)24(18(5)6)30-26(34)20-11-15-22(16-12-20)38-8-2/h9-18,23-24H,7-8H2,1-6H3,(H,29,33)(H,30,34)(H,31,35)(H,32,36)/t23-,24+. The van der Waals surface area contributed by atoms with Gasteiger partial charge in [0.15, 0.2) is 0 Å². The number of nitrogens with one attached hydrogen (secondary N) is 4. The van der Waals surface area contributed by atoms with Crippen LogP contribution in [-0.2, 0) is 9.59 Å². The number of amides is 4. The first-order valence-corrected chi connectivity index (χ1v) is 12.7. The van der Waals surface area contributed by atoms with Crippen LogP contribution in [0, 0.1) is 11.8 Å². The molecule has 0 aliphatic heterocycles. The fourth-order valence-electron chi connectivity index (χ4n) is 3.54. The van der Waals surface area contributed by atoms with Crippen LogP contribution < -0.4 is 31.0 Å². The third-order valence-electron chi connectivity index (χ3n) is 5.64. The number of ether oxygens (including phenoxy) is 2. The van der Waals surface area contributed by atoms with Crippen molar-refractivity contribution in [3.8, 4) is 11.5 Å². The Morgan fingerprint density at radius 2 is 0.921 bits per heavy atom. The zero-order chi connectivity index (χ0) is 28.2. The lowest BCUT2D eigenvalue weighted by Gasteiger charge is -2.24. The minimum Gasteiger partial charge on any atom is -0.494 e. The van der Waals surface area contributed by atoms with E-state index in [0.717, 1.165) is 0 Å². The van der Waals surface area contributed by atoms with E-state index >= 15 is 0 Å². The van der Waals surface area contributed by atoms with Crippen molar-refractivity contribution in [1.29, 1.82) is 0 Å². The van der Waals surface area contributed by atoms with Gasteiger partial charge in [0.1, 0.15) is 23.6 Å². The summed E-state index contributed by atoms with van der Waals surface area (Å²) < 4.78 is 10.8. The molecule has 0 bridgehead atoms. The average Bonchev–Trinajstić information content (AvgIpc) is 2.89. The Morgan fingerprint density at radius 1 is 0.605 bits per heavy atom. The van der Waals surface area contributed by atoms with Crippen LogP contribution in [0.4, 0.5) is 0 Å². The van der Waals surface area contributed by atoms with E-state index in [9.17, 15) is 19.2 Å². The minimum atomic E-state index is -0.912. The van der Waals surface area contributed by atoms with Crippen molar-refractivity contribution >= 4 is 23.6 Å². The molecule has 4 amide bonds. The highest BCUT2D eigenvalue weighted by Crippen LogP contribution is 2.14. The van der Waals surface area contributed by atoms with Crippen LogP contribution in [0.15, 0.2) is 48.5 Å². The molecule has 10 nitrogen and oxygen atoms in total. The monoisotopic (exact) mass is 526 g/mol. The average molecular weight is 527 g/mol. The van der Waals surface area contributed by atoms with E-state index in [-0.39, 0.29) is 11.8 Å². The number of hydrogen-bond donors (Lipinski definition) is 4. The molecule has 2 atom stereocenters. The summed E-state index contributed by atoms with van der Waals surface area (Å²) >= 11 is 0. The maximum absolute atomic E-state index is 12.9. The Morgan fingerprint density at radius 3 is 1.18 bits per heavy atom. The van der Waals surface area contributed by atoms with Crippen molar-refractivity contribution in [3.63, 3.8) is 0 Å². The lowest BCUT2D eigenvalue weighted by molar-refractivity contribution is -0.131. The smallest absolute Gasteiger partial charge is 0.261 e. The molecular formula is C28H38N4O6. The van der Waals surface area contributed by atoms with Gasteiger partial charge in [-0.1, -0.05) is 27.7 Å². The number of carbonyl (C=O) groups excluding carboxylic acids is 4. The molecule has 206 valence electrons. The molecule has 0 saturated carbocycles. The molecule has 0 heterocycles. The van der Waals surface area contributed by atoms with Gasteiger partial charge in [0, 0.05) is 11.1 Å².